The Morgan fingerprint density at radius 1 is 1.30 bits per heavy atom. The molecule has 0 saturated carbocycles. The standard InChI is InChI=1S/C6H13Cl2Si.Rf/c1-5-9(7,8)6(2,3)4;/h1,5H2,2-4H3;/q-1;. The maximum absolute atomic E-state index is 6.04. The van der Waals surface area contributed by atoms with Gasteiger partial charge in [0.1, 0.15) is 0 Å². The van der Waals surface area contributed by atoms with Gasteiger partial charge in [0.2, 0.25) is 6.69 Å². The van der Waals surface area contributed by atoms with E-state index in [0.29, 0.717) is 6.04 Å². The first-order valence-electron chi connectivity index (χ1n) is 2.98. The van der Waals surface area contributed by atoms with Gasteiger partial charge in [-0.3, -0.25) is 0 Å². The van der Waals surface area contributed by atoms with Gasteiger partial charge in [-0.2, -0.15) is 6.04 Å². The molecule has 10 heavy (non-hydrogen) atoms. The second-order valence-electron chi connectivity index (χ2n) is 3.20. The number of rotatable bonds is 1. The third-order valence-electron chi connectivity index (χ3n) is 1.41. The Bertz CT molecular complexity index is 98.4. The minimum Gasteiger partial charge on any atom is -0.344 e. The fourth-order valence-electron chi connectivity index (χ4n) is 0.375. The first kappa shape index (κ1) is 12.5. The topological polar surface area (TPSA) is 0 Å². The fraction of sp³-hybridized carbons (Fsp3) is 0.833. The molecule has 0 aliphatic rings. The van der Waals surface area contributed by atoms with Crippen LogP contribution in [0.4, 0.5) is 0 Å². The molecule has 0 fully saturated rings. The van der Waals surface area contributed by atoms with E-state index < -0.39 is 6.69 Å². The SMILES string of the molecule is [CH2-]C[Si](Cl)(Cl)C(C)(C)C.[Rf]. The Morgan fingerprint density at radius 3 is 1.60 bits per heavy atom. The van der Waals surface area contributed by atoms with Crippen molar-refractivity contribution in [2.45, 2.75) is 31.9 Å². The average molecular weight is 451 g/mol. The maximum Gasteiger partial charge on any atom is 0.228 e. The largest absolute Gasteiger partial charge is 0.344 e. The molecule has 0 radical (unpaired) electrons. The molecule has 0 heterocycles. The summed E-state index contributed by atoms with van der Waals surface area (Å²) in [6, 6.07) is 0.680. The van der Waals surface area contributed by atoms with E-state index in [1.54, 1.807) is 0 Å². The Kier molecular flexibility index (Phi) is 4.07. The van der Waals surface area contributed by atoms with E-state index in [-0.39, 0.29) is 5.04 Å². The van der Waals surface area contributed by atoms with Gasteiger partial charge in [-0.05, 0) is 5.04 Å². The van der Waals surface area contributed by atoms with Gasteiger partial charge in [0.05, 0.1) is 0 Å². The van der Waals surface area contributed by atoms with Crippen molar-refractivity contribution in [2.24, 2.45) is 0 Å². The normalized spacial score (nSPS) is 12.6. The van der Waals surface area contributed by atoms with Gasteiger partial charge < -0.3 is 6.92 Å². The van der Waals surface area contributed by atoms with Crippen molar-refractivity contribution in [1.82, 2.24) is 0 Å². The summed E-state index contributed by atoms with van der Waals surface area (Å²) in [5.74, 6) is 0. The van der Waals surface area contributed by atoms with Crippen LogP contribution in [0.15, 0.2) is 0 Å². The van der Waals surface area contributed by atoms with Gasteiger partial charge in [-0.25, -0.2) is 0 Å². The van der Waals surface area contributed by atoms with Crippen LogP contribution in [0.2, 0.25) is 11.1 Å². The molecule has 0 aromatic heterocycles. The Hall–Kier alpha value is -0.203. The van der Waals surface area contributed by atoms with Gasteiger partial charge in [-0.15, -0.1) is 22.2 Å². The second-order valence-corrected chi connectivity index (χ2v) is 11.1. The van der Waals surface area contributed by atoms with Crippen LogP contribution in [-0.4, -0.2) is 6.69 Å². The third-order valence-corrected chi connectivity index (χ3v) is 8.77. The van der Waals surface area contributed by atoms with Crippen molar-refractivity contribution in [3.05, 3.63) is 6.92 Å². The fourth-order valence-corrected chi connectivity index (χ4v) is 1.12. The quantitative estimate of drug-likeness (QED) is 0.325. The second kappa shape index (κ2) is 3.27. The zero-order valence-electron chi connectivity index (χ0n) is 6.88. The zero-order valence-corrected chi connectivity index (χ0v) is 15.8. The summed E-state index contributed by atoms with van der Waals surface area (Å²) in [5.41, 5.74) is 0. The van der Waals surface area contributed by atoms with E-state index in [9.17, 15) is 0 Å². The van der Waals surface area contributed by atoms with E-state index in [4.69, 9.17) is 22.2 Å². The Morgan fingerprint density at radius 2 is 1.60 bits per heavy atom. The van der Waals surface area contributed by atoms with Crippen molar-refractivity contribution < 1.29 is 0 Å². The molecule has 0 amide bonds. The molecule has 58 valence electrons. The van der Waals surface area contributed by atoms with E-state index >= 15 is 0 Å². The smallest absolute Gasteiger partial charge is 0.228 e. The van der Waals surface area contributed by atoms with Crippen molar-refractivity contribution in [1.29, 1.82) is 0 Å². The van der Waals surface area contributed by atoms with E-state index in [2.05, 4.69) is 27.7 Å². The number of halogens is 2. The van der Waals surface area contributed by atoms with Crippen molar-refractivity contribution in [3.8, 4) is 0 Å². The predicted molar refractivity (Wildman–Crippen MR) is 47.3 cm³/mol. The summed E-state index contributed by atoms with van der Waals surface area (Å²) in [4.78, 5) is 0. The van der Waals surface area contributed by atoms with Gasteiger partial charge in [-0.1, -0.05) is 20.8 Å². The molecule has 0 aromatic carbocycles. The summed E-state index contributed by atoms with van der Waals surface area (Å²) in [6.07, 6.45) is 0. The predicted octanol–water partition coefficient (Wildman–Crippen LogP) is 3.54. The van der Waals surface area contributed by atoms with Crippen LogP contribution in [-0.2, 0) is 0 Å². The van der Waals surface area contributed by atoms with Crippen LogP contribution in [0.5, 0.6) is 0 Å². The molecule has 0 N–H and O–H groups in total. The van der Waals surface area contributed by atoms with Gasteiger partial charge in [0, 0.05) is 0 Å². The van der Waals surface area contributed by atoms with E-state index in [1.807, 2.05) is 0 Å². The molecule has 0 nitrogen and oxygen atoms in total. The summed E-state index contributed by atoms with van der Waals surface area (Å²) in [7, 11) is 0. The van der Waals surface area contributed by atoms with Crippen LogP contribution in [0.25, 0.3) is 0 Å². The monoisotopic (exact) mass is 450 g/mol. The molecule has 4 heteroatoms. The maximum atomic E-state index is 6.04. The van der Waals surface area contributed by atoms with Gasteiger partial charge in [0.25, 0.3) is 0 Å². The molecule has 0 atom stereocenters. The van der Waals surface area contributed by atoms with Crippen LogP contribution < -0.4 is 0 Å². The van der Waals surface area contributed by atoms with Crippen LogP contribution >= 0.6 is 22.2 Å². The summed E-state index contributed by atoms with van der Waals surface area (Å²) in [5, 5.41) is 0.0534. The molecule has 0 unspecified atom stereocenters. The van der Waals surface area contributed by atoms with Crippen molar-refractivity contribution in [2.75, 3.05) is 0 Å². The minimum atomic E-state index is -2.05. The van der Waals surface area contributed by atoms with Crippen LogP contribution in [0.1, 0.15) is 20.8 Å². The van der Waals surface area contributed by atoms with Gasteiger partial charge >= 0.3 is 0 Å². The summed E-state index contributed by atoms with van der Waals surface area (Å²) >= 11 is 12.1. The molecule has 0 saturated heterocycles. The minimum absolute atomic E-state index is 0. The molecule has 0 spiro atoms. The third kappa shape index (κ3) is 2.59. The van der Waals surface area contributed by atoms with Crippen molar-refractivity contribution in [3.63, 3.8) is 0 Å². The average Bonchev–Trinajstić information content (AvgIpc) is 1.64. The first-order chi connectivity index (χ1) is 3.81. The summed E-state index contributed by atoms with van der Waals surface area (Å²) < 4.78 is 0. The Balaban J connectivity index is 0. The van der Waals surface area contributed by atoms with E-state index in [1.165, 1.54) is 0 Å². The number of hydrogen-bond donors (Lipinski definition) is 0. The molecule has 0 aliphatic heterocycles. The molecule has 0 rings (SSSR count). The number of hydrogen-bond acceptors (Lipinski definition) is 0. The van der Waals surface area contributed by atoms with Gasteiger partial charge in [0.15, 0.2) is 0 Å². The van der Waals surface area contributed by atoms with Crippen LogP contribution in [0.3, 0.4) is 0 Å². The molecular weight excluding hydrogens is 438 g/mol. The zero-order chi connectivity index (χ0) is 7.71. The molecular formula is C6H13Cl2RfSi-. The van der Waals surface area contributed by atoms with Crippen molar-refractivity contribution >= 4 is 28.9 Å². The molecule has 0 bridgehead atoms. The summed E-state index contributed by atoms with van der Waals surface area (Å²) in [6.45, 7) is 7.86. The van der Waals surface area contributed by atoms with Crippen LogP contribution in [0, 0.1) is 6.92 Å². The first-order valence-corrected chi connectivity index (χ1v) is 7.21. The molecule has 0 aliphatic carbocycles. The van der Waals surface area contributed by atoms with E-state index in [0.717, 1.165) is 0 Å². The Labute approximate surface area is 68.0 Å². The molecule has 0 aromatic rings.